The Morgan fingerprint density at radius 2 is 1.91 bits per heavy atom. The molecule has 0 spiro atoms. The lowest BCUT2D eigenvalue weighted by atomic mass is 9.73. The van der Waals surface area contributed by atoms with Gasteiger partial charge in [0.25, 0.3) is 16.1 Å². The van der Waals surface area contributed by atoms with Gasteiger partial charge in [0.15, 0.2) is 0 Å². The van der Waals surface area contributed by atoms with Gasteiger partial charge in [0, 0.05) is 31.6 Å². The number of hydrogen-bond acceptors (Lipinski definition) is 6. The van der Waals surface area contributed by atoms with Gasteiger partial charge in [0.1, 0.15) is 22.9 Å². The van der Waals surface area contributed by atoms with Crippen molar-refractivity contribution in [2.45, 2.75) is 31.3 Å². The first-order valence-electron chi connectivity index (χ1n) is 10.9. The number of piperidine rings is 1. The minimum Gasteiger partial charge on any atom is -0.507 e. The van der Waals surface area contributed by atoms with Crippen LogP contribution in [0.15, 0.2) is 42.5 Å². The van der Waals surface area contributed by atoms with Crippen LogP contribution in [0.5, 0.6) is 11.5 Å². The molecule has 186 valence electrons. The van der Waals surface area contributed by atoms with Crippen molar-refractivity contribution in [3.63, 3.8) is 0 Å². The van der Waals surface area contributed by atoms with Gasteiger partial charge in [-0.15, -0.1) is 0 Å². The van der Waals surface area contributed by atoms with Gasteiger partial charge in [-0.25, -0.2) is 4.39 Å². The summed E-state index contributed by atoms with van der Waals surface area (Å²) < 4.78 is 48.1. The van der Waals surface area contributed by atoms with Gasteiger partial charge >= 0.3 is 0 Å². The quantitative estimate of drug-likeness (QED) is 0.418. The summed E-state index contributed by atoms with van der Waals surface area (Å²) in [7, 11) is -2.41. The summed E-state index contributed by atoms with van der Waals surface area (Å²) in [6, 6.07) is 10.5. The molecular weight excluding hydrogens is 465 g/mol. The van der Waals surface area contributed by atoms with Gasteiger partial charge in [-0.1, -0.05) is 18.2 Å². The predicted octanol–water partition coefficient (Wildman–Crippen LogP) is 1.52. The molecule has 0 aromatic heterocycles. The van der Waals surface area contributed by atoms with Gasteiger partial charge in [-0.2, -0.15) is 17.4 Å². The molecule has 1 fully saturated rings. The maximum Gasteiger partial charge on any atom is 0.279 e. The first-order valence-corrected chi connectivity index (χ1v) is 12.3. The highest BCUT2D eigenvalue weighted by molar-refractivity contribution is 7.87. The first kappa shape index (κ1) is 25.9. The van der Waals surface area contributed by atoms with Crippen LogP contribution in [0.2, 0.25) is 0 Å². The van der Waals surface area contributed by atoms with Gasteiger partial charge < -0.3 is 20.3 Å². The molecule has 1 atom stereocenters. The third-order valence-corrected chi connectivity index (χ3v) is 7.63. The Hall–Kier alpha value is -2.73. The average molecular weight is 496 g/mol. The average Bonchev–Trinajstić information content (AvgIpc) is 2.81. The standard InChI is InChI=1S/C23H30FN3O6S/c1-16(28)14-26-34(31,32)27-11-9-23(10-12-27,17-5-3-6-18(24)13-17)15-25-22(30)21-19(29)7-4-8-20(21)33-2/h3-8,13,16,26,28-29H,9-12,14-15H2,1-2H3,(H,25,30). The summed E-state index contributed by atoms with van der Waals surface area (Å²) in [6.07, 6.45) is -0.179. The molecule has 9 nitrogen and oxygen atoms in total. The summed E-state index contributed by atoms with van der Waals surface area (Å²) in [4.78, 5) is 12.9. The number of methoxy groups -OCH3 is 1. The topological polar surface area (TPSA) is 128 Å². The smallest absolute Gasteiger partial charge is 0.279 e. The van der Waals surface area contributed by atoms with Crippen LogP contribution in [0, 0.1) is 5.82 Å². The summed E-state index contributed by atoms with van der Waals surface area (Å²) in [6.45, 7) is 1.76. The summed E-state index contributed by atoms with van der Waals surface area (Å²) in [5.74, 6) is -1.01. The van der Waals surface area contributed by atoms with Crippen molar-refractivity contribution in [3.05, 3.63) is 59.4 Å². The molecule has 4 N–H and O–H groups in total. The second-order valence-corrected chi connectivity index (χ2v) is 10.2. The van der Waals surface area contributed by atoms with Gasteiger partial charge in [-0.3, -0.25) is 4.79 Å². The maximum atomic E-state index is 14.1. The number of benzene rings is 2. The molecule has 2 aromatic carbocycles. The molecular formula is C23H30FN3O6S. The number of phenolic OH excluding ortho intramolecular Hbond substituents is 1. The molecule has 11 heteroatoms. The number of aromatic hydroxyl groups is 1. The highest BCUT2D eigenvalue weighted by atomic mass is 32.2. The fourth-order valence-electron chi connectivity index (χ4n) is 4.11. The van der Waals surface area contributed by atoms with E-state index in [1.807, 2.05) is 0 Å². The second kappa shape index (κ2) is 10.7. The lowest BCUT2D eigenvalue weighted by molar-refractivity contribution is 0.0927. The van der Waals surface area contributed by atoms with Crippen molar-refractivity contribution in [2.24, 2.45) is 0 Å². The maximum absolute atomic E-state index is 14.1. The molecule has 1 amide bonds. The number of phenols is 1. The SMILES string of the molecule is COc1cccc(O)c1C(=O)NCC1(c2cccc(F)c2)CCN(S(=O)(=O)NCC(C)O)CC1. The van der Waals surface area contributed by atoms with Crippen molar-refractivity contribution in [3.8, 4) is 11.5 Å². The van der Waals surface area contributed by atoms with Crippen molar-refractivity contribution in [2.75, 3.05) is 33.3 Å². The van der Waals surface area contributed by atoms with E-state index in [2.05, 4.69) is 10.0 Å². The largest absolute Gasteiger partial charge is 0.507 e. The number of hydrogen-bond donors (Lipinski definition) is 4. The van der Waals surface area contributed by atoms with Crippen molar-refractivity contribution >= 4 is 16.1 Å². The summed E-state index contributed by atoms with van der Waals surface area (Å²) >= 11 is 0. The van der Waals surface area contributed by atoms with Crippen molar-refractivity contribution in [1.29, 1.82) is 0 Å². The van der Waals surface area contributed by atoms with Crippen molar-refractivity contribution < 1.29 is 32.6 Å². The number of carbonyl (C=O) groups excluding carboxylic acids is 1. The van der Waals surface area contributed by atoms with Crippen molar-refractivity contribution in [1.82, 2.24) is 14.3 Å². The highest BCUT2D eigenvalue weighted by Gasteiger charge is 2.40. The first-order chi connectivity index (χ1) is 16.1. The zero-order valence-electron chi connectivity index (χ0n) is 19.1. The fourth-order valence-corrected chi connectivity index (χ4v) is 5.41. The number of halogens is 1. The third kappa shape index (κ3) is 5.84. The highest BCUT2D eigenvalue weighted by Crippen LogP contribution is 2.36. The Morgan fingerprint density at radius 1 is 1.24 bits per heavy atom. The van der Waals surface area contributed by atoms with E-state index in [0.717, 1.165) is 0 Å². The molecule has 1 aliphatic rings. The molecule has 0 bridgehead atoms. The fraction of sp³-hybridized carbons (Fsp3) is 0.435. The van der Waals surface area contributed by atoms with Gasteiger partial charge in [-0.05, 0) is 49.6 Å². The molecule has 1 saturated heterocycles. The number of nitrogens with zero attached hydrogens (tertiary/aromatic N) is 1. The Balaban J connectivity index is 1.82. The zero-order valence-corrected chi connectivity index (χ0v) is 19.9. The van der Waals surface area contributed by atoms with Gasteiger partial charge in [0.2, 0.25) is 0 Å². The summed E-state index contributed by atoms with van der Waals surface area (Å²) in [5, 5.41) is 22.4. The van der Waals surface area contributed by atoms with E-state index in [0.29, 0.717) is 18.4 Å². The minimum absolute atomic E-state index is 0.0123. The van der Waals surface area contributed by atoms with Crippen LogP contribution < -0.4 is 14.8 Å². The molecule has 1 aliphatic heterocycles. The molecule has 1 unspecified atom stereocenters. The number of aliphatic hydroxyl groups is 1. The zero-order chi connectivity index (χ0) is 24.9. The molecule has 3 rings (SSSR count). The van der Waals surface area contributed by atoms with E-state index >= 15 is 0 Å². The van der Waals surface area contributed by atoms with Crippen LogP contribution in [-0.2, 0) is 15.6 Å². The Bertz CT molecular complexity index is 1120. The monoisotopic (exact) mass is 495 g/mol. The third-order valence-electron chi connectivity index (χ3n) is 6.06. The molecule has 0 saturated carbocycles. The van der Waals surface area contributed by atoms with E-state index in [1.54, 1.807) is 24.3 Å². The van der Waals surface area contributed by atoms with Crippen LogP contribution in [0.1, 0.15) is 35.7 Å². The molecule has 2 aromatic rings. The van der Waals surface area contributed by atoms with E-state index in [-0.39, 0.29) is 43.2 Å². The van der Waals surface area contributed by atoms with Crippen LogP contribution in [-0.4, -0.2) is 68.2 Å². The molecule has 34 heavy (non-hydrogen) atoms. The number of carbonyl (C=O) groups is 1. The minimum atomic E-state index is -3.80. The van der Waals surface area contributed by atoms with E-state index in [1.165, 1.54) is 36.5 Å². The van der Waals surface area contributed by atoms with E-state index in [9.17, 15) is 27.8 Å². The normalized spacial score (nSPS) is 17.2. The Labute approximate surface area is 198 Å². The molecule has 1 heterocycles. The number of ether oxygens (including phenoxy) is 1. The van der Waals surface area contributed by atoms with Crippen LogP contribution in [0.25, 0.3) is 0 Å². The van der Waals surface area contributed by atoms with Crippen LogP contribution in [0.4, 0.5) is 4.39 Å². The number of aliphatic hydroxyl groups excluding tert-OH is 1. The second-order valence-electron chi connectivity index (χ2n) is 8.43. The number of rotatable bonds is 9. The predicted molar refractivity (Wildman–Crippen MR) is 124 cm³/mol. The van der Waals surface area contributed by atoms with E-state index < -0.39 is 33.5 Å². The molecule has 0 aliphatic carbocycles. The van der Waals surface area contributed by atoms with E-state index in [4.69, 9.17) is 4.74 Å². The summed E-state index contributed by atoms with van der Waals surface area (Å²) in [5.41, 5.74) is -0.0983. The molecule has 0 radical (unpaired) electrons. The Kier molecular flexibility index (Phi) is 8.13. The number of amides is 1. The Morgan fingerprint density at radius 3 is 2.53 bits per heavy atom. The lowest BCUT2D eigenvalue weighted by Gasteiger charge is -2.42. The lowest BCUT2D eigenvalue weighted by Crippen LogP contribution is -2.53. The van der Waals surface area contributed by atoms with Gasteiger partial charge in [0.05, 0.1) is 13.2 Å². The number of nitrogens with one attached hydrogen (secondary N) is 2. The van der Waals surface area contributed by atoms with Crippen LogP contribution in [0.3, 0.4) is 0 Å². The van der Waals surface area contributed by atoms with Crippen LogP contribution >= 0.6 is 0 Å².